The minimum absolute atomic E-state index is 0.221. The second-order valence-electron chi connectivity index (χ2n) is 8.22. The molecular formula is C27H36O4. The minimum atomic E-state index is -0.555. The Hall–Kier alpha value is -2.62. The summed E-state index contributed by atoms with van der Waals surface area (Å²) >= 11 is 0. The lowest BCUT2D eigenvalue weighted by atomic mass is 10.1. The van der Waals surface area contributed by atoms with Gasteiger partial charge < -0.3 is 9.47 Å². The molecule has 0 N–H and O–H groups in total. The van der Waals surface area contributed by atoms with E-state index in [9.17, 15) is 9.59 Å². The summed E-state index contributed by atoms with van der Waals surface area (Å²) in [7, 11) is 0. The van der Waals surface area contributed by atoms with Gasteiger partial charge >= 0.3 is 11.9 Å². The molecule has 31 heavy (non-hydrogen) atoms. The van der Waals surface area contributed by atoms with Crippen LogP contribution in [-0.2, 0) is 4.74 Å². The largest absolute Gasteiger partial charge is 0.462 e. The Morgan fingerprint density at radius 1 is 0.710 bits per heavy atom. The molecule has 0 aliphatic carbocycles. The summed E-state index contributed by atoms with van der Waals surface area (Å²) in [5.41, 5.74) is 2.49. The van der Waals surface area contributed by atoms with E-state index in [0.29, 0.717) is 12.4 Å². The molecule has 2 aromatic rings. The molecule has 4 nitrogen and oxygen atoms in total. The molecule has 0 saturated carbocycles. The Bertz CT molecular complexity index is 821. The molecule has 0 radical (unpaired) electrons. The molecule has 2 aromatic carbocycles. The van der Waals surface area contributed by atoms with Crippen molar-refractivity contribution >= 4 is 11.9 Å². The second kappa shape index (κ2) is 13.6. The third-order valence-corrected chi connectivity index (χ3v) is 5.25. The minimum Gasteiger partial charge on any atom is -0.462 e. The molecule has 4 heteroatoms. The van der Waals surface area contributed by atoms with Crippen molar-refractivity contribution in [3.63, 3.8) is 0 Å². The van der Waals surface area contributed by atoms with Gasteiger partial charge in [0.15, 0.2) is 0 Å². The average Bonchev–Trinajstić information content (AvgIpc) is 2.74. The van der Waals surface area contributed by atoms with Crippen molar-refractivity contribution in [1.29, 1.82) is 0 Å². The zero-order valence-corrected chi connectivity index (χ0v) is 19.2. The molecule has 0 aromatic heterocycles. The fraction of sp³-hybridized carbons (Fsp3) is 0.481. The van der Waals surface area contributed by atoms with Crippen LogP contribution in [0.5, 0.6) is 5.75 Å². The number of benzene rings is 2. The fourth-order valence-corrected chi connectivity index (χ4v) is 3.65. The molecule has 0 atom stereocenters. The van der Waals surface area contributed by atoms with E-state index in [4.69, 9.17) is 9.47 Å². The van der Waals surface area contributed by atoms with E-state index in [1.807, 2.05) is 19.9 Å². The number of hydrogen-bond acceptors (Lipinski definition) is 4. The summed E-state index contributed by atoms with van der Waals surface area (Å²) < 4.78 is 10.9. The van der Waals surface area contributed by atoms with Crippen LogP contribution in [0.4, 0.5) is 0 Å². The van der Waals surface area contributed by atoms with Gasteiger partial charge in [-0.25, -0.2) is 9.59 Å². The van der Waals surface area contributed by atoms with Crippen LogP contribution in [0.3, 0.4) is 0 Å². The standard InChI is InChI=1S/C27H36O4/c1-4-5-6-7-8-9-10-11-14-17-30-26(28)24-15-12-13-16-25(24)27(29)31-23-19-21(2)18-22(3)20-23/h12-13,15-16,18-20H,4-11,14,17H2,1-3H3. The molecule has 2 rings (SSSR count). The molecule has 0 bridgehead atoms. The van der Waals surface area contributed by atoms with Gasteiger partial charge in [0.05, 0.1) is 17.7 Å². The zero-order valence-electron chi connectivity index (χ0n) is 19.2. The van der Waals surface area contributed by atoms with Gasteiger partial charge in [0, 0.05) is 0 Å². The maximum atomic E-state index is 12.7. The lowest BCUT2D eigenvalue weighted by molar-refractivity contribution is 0.0489. The molecule has 0 heterocycles. The van der Waals surface area contributed by atoms with E-state index in [0.717, 1.165) is 24.0 Å². The van der Waals surface area contributed by atoms with Crippen molar-refractivity contribution in [2.75, 3.05) is 6.61 Å². The molecule has 0 spiro atoms. The molecule has 0 amide bonds. The van der Waals surface area contributed by atoms with Crippen LogP contribution < -0.4 is 4.74 Å². The SMILES string of the molecule is CCCCCCCCCCCOC(=O)c1ccccc1C(=O)Oc1cc(C)cc(C)c1. The summed E-state index contributed by atoms with van der Waals surface area (Å²) in [4.78, 5) is 25.2. The van der Waals surface area contributed by atoms with Crippen LogP contribution >= 0.6 is 0 Å². The quantitative estimate of drug-likeness (QED) is 0.194. The Balaban J connectivity index is 1.80. The van der Waals surface area contributed by atoms with Gasteiger partial charge in [0.1, 0.15) is 5.75 Å². The normalized spacial score (nSPS) is 10.7. The van der Waals surface area contributed by atoms with E-state index < -0.39 is 11.9 Å². The number of unbranched alkanes of at least 4 members (excludes halogenated alkanes) is 8. The maximum Gasteiger partial charge on any atom is 0.344 e. The summed E-state index contributed by atoms with van der Waals surface area (Å²) in [6, 6.07) is 12.3. The van der Waals surface area contributed by atoms with Crippen LogP contribution in [0.1, 0.15) is 96.6 Å². The van der Waals surface area contributed by atoms with E-state index >= 15 is 0 Å². The van der Waals surface area contributed by atoms with Crippen molar-refractivity contribution in [3.05, 3.63) is 64.7 Å². The number of carbonyl (C=O) groups is 2. The third kappa shape index (κ3) is 8.95. The van der Waals surface area contributed by atoms with Crippen LogP contribution in [-0.4, -0.2) is 18.5 Å². The molecule has 0 aliphatic rings. The Morgan fingerprint density at radius 2 is 1.23 bits per heavy atom. The summed E-state index contributed by atoms with van der Waals surface area (Å²) in [5, 5.41) is 0. The van der Waals surface area contributed by atoms with Gasteiger partial charge in [-0.2, -0.15) is 0 Å². The van der Waals surface area contributed by atoms with E-state index in [-0.39, 0.29) is 11.1 Å². The first-order valence-corrected chi connectivity index (χ1v) is 11.6. The van der Waals surface area contributed by atoms with Crippen molar-refractivity contribution in [2.24, 2.45) is 0 Å². The van der Waals surface area contributed by atoms with Crippen LogP contribution in [0, 0.1) is 13.8 Å². The number of esters is 2. The van der Waals surface area contributed by atoms with E-state index in [2.05, 4.69) is 6.92 Å². The molecular weight excluding hydrogens is 388 g/mol. The highest BCUT2D eigenvalue weighted by molar-refractivity contribution is 6.03. The van der Waals surface area contributed by atoms with Crippen molar-refractivity contribution in [3.8, 4) is 5.75 Å². The Labute approximate surface area is 187 Å². The van der Waals surface area contributed by atoms with Gasteiger partial charge in [-0.15, -0.1) is 0 Å². The lowest BCUT2D eigenvalue weighted by Gasteiger charge is -2.10. The second-order valence-corrected chi connectivity index (χ2v) is 8.22. The molecule has 0 saturated heterocycles. The lowest BCUT2D eigenvalue weighted by Crippen LogP contribution is -2.16. The maximum absolute atomic E-state index is 12.7. The number of hydrogen-bond donors (Lipinski definition) is 0. The fourth-order valence-electron chi connectivity index (χ4n) is 3.65. The smallest absolute Gasteiger partial charge is 0.344 e. The molecule has 168 valence electrons. The van der Waals surface area contributed by atoms with Crippen LogP contribution in [0.25, 0.3) is 0 Å². The Kier molecular flexibility index (Phi) is 10.8. The molecule has 0 unspecified atom stereocenters. The summed E-state index contributed by atoms with van der Waals surface area (Å²) in [6.45, 7) is 6.49. The summed E-state index contributed by atoms with van der Waals surface area (Å²) in [5.74, 6) is -0.562. The first kappa shape index (κ1) is 24.6. The highest BCUT2D eigenvalue weighted by Crippen LogP contribution is 2.19. The highest BCUT2D eigenvalue weighted by Gasteiger charge is 2.19. The first-order valence-electron chi connectivity index (χ1n) is 11.6. The van der Waals surface area contributed by atoms with Crippen molar-refractivity contribution < 1.29 is 19.1 Å². The van der Waals surface area contributed by atoms with E-state index in [1.165, 1.54) is 44.9 Å². The monoisotopic (exact) mass is 424 g/mol. The molecule has 0 fully saturated rings. The van der Waals surface area contributed by atoms with Gasteiger partial charge in [-0.1, -0.05) is 76.5 Å². The summed E-state index contributed by atoms with van der Waals surface area (Å²) in [6.07, 6.45) is 10.8. The number of rotatable bonds is 13. The van der Waals surface area contributed by atoms with Gasteiger partial charge in [0.2, 0.25) is 0 Å². The van der Waals surface area contributed by atoms with Gasteiger partial charge in [-0.3, -0.25) is 0 Å². The topological polar surface area (TPSA) is 52.6 Å². The van der Waals surface area contributed by atoms with Crippen molar-refractivity contribution in [1.82, 2.24) is 0 Å². The van der Waals surface area contributed by atoms with Gasteiger partial charge in [0.25, 0.3) is 0 Å². The Morgan fingerprint density at radius 3 is 1.81 bits per heavy atom. The predicted molar refractivity (Wildman–Crippen MR) is 125 cm³/mol. The van der Waals surface area contributed by atoms with Gasteiger partial charge in [-0.05, 0) is 55.7 Å². The third-order valence-electron chi connectivity index (χ3n) is 5.25. The number of carbonyl (C=O) groups excluding carboxylic acids is 2. The van der Waals surface area contributed by atoms with E-state index in [1.54, 1.807) is 36.4 Å². The average molecular weight is 425 g/mol. The first-order chi connectivity index (χ1) is 15.0. The predicted octanol–water partition coefficient (Wildman–Crippen LogP) is 7.21. The number of aryl methyl sites for hydroxylation is 2. The zero-order chi connectivity index (χ0) is 22.5. The van der Waals surface area contributed by atoms with Crippen LogP contribution in [0.2, 0.25) is 0 Å². The number of ether oxygens (including phenoxy) is 2. The highest BCUT2D eigenvalue weighted by atomic mass is 16.5. The van der Waals surface area contributed by atoms with Crippen LogP contribution in [0.15, 0.2) is 42.5 Å². The molecule has 0 aliphatic heterocycles. The van der Waals surface area contributed by atoms with Crippen molar-refractivity contribution in [2.45, 2.75) is 78.6 Å².